The van der Waals surface area contributed by atoms with Crippen molar-refractivity contribution in [2.24, 2.45) is 23.7 Å². The number of carbonyl (C=O) groups excluding carboxylic acids is 4. The molecule has 2 fully saturated rings. The molecule has 3 aliphatic rings. The van der Waals surface area contributed by atoms with Gasteiger partial charge in [-0.3, -0.25) is 19.3 Å². The lowest BCUT2D eigenvalue weighted by molar-refractivity contribution is -0.160. The van der Waals surface area contributed by atoms with Crippen LogP contribution in [-0.4, -0.2) is 41.2 Å². The number of esters is 1. The van der Waals surface area contributed by atoms with Gasteiger partial charge in [0.05, 0.1) is 16.9 Å². The molecule has 0 unspecified atom stereocenters. The summed E-state index contributed by atoms with van der Waals surface area (Å²) in [4.78, 5) is 53.3. The summed E-state index contributed by atoms with van der Waals surface area (Å²) < 4.78 is 5.99. The van der Waals surface area contributed by atoms with Gasteiger partial charge in [0, 0.05) is 16.6 Å². The third kappa shape index (κ3) is 4.52. The molecule has 7 nitrogen and oxygen atoms in total. The number of rotatable bonds is 7. The van der Waals surface area contributed by atoms with Gasteiger partial charge in [-0.2, -0.15) is 0 Å². The molecule has 2 aromatic rings. The van der Waals surface area contributed by atoms with Crippen molar-refractivity contribution in [1.82, 2.24) is 4.90 Å². The second kappa shape index (κ2) is 9.59. The van der Waals surface area contributed by atoms with Crippen LogP contribution in [0.5, 0.6) is 0 Å². The highest BCUT2D eigenvalue weighted by molar-refractivity contribution is 9.10. The third-order valence-electron chi connectivity index (χ3n) is 6.91. The zero-order chi connectivity index (χ0) is 24.7. The summed E-state index contributed by atoms with van der Waals surface area (Å²) in [7, 11) is 0. The average molecular weight is 558 g/mol. The van der Waals surface area contributed by atoms with Crippen molar-refractivity contribution in [3.63, 3.8) is 0 Å². The summed E-state index contributed by atoms with van der Waals surface area (Å²) in [5.41, 5.74) is 1.22. The summed E-state index contributed by atoms with van der Waals surface area (Å²) in [6.07, 6.45) is 4.92. The van der Waals surface area contributed by atoms with Crippen LogP contribution < -0.4 is 5.32 Å². The minimum Gasteiger partial charge on any atom is -0.454 e. The van der Waals surface area contributed by atoms with E-state index in [1.807, 2.05) is 42.5 Å². The van der Waals surface area contributed by atoms with Gasteiger partial charge in [0.1, 0.15) is 6.04 Å². The third-order valence-corrected chi connectivity index (χ3v) is 8.14. The molecule has 9 heteroatoms. The normalized spacial score (nSPS) is 25.0. The van der Waals surface area contributed by atoms with E-state index in [2.05, 4.69) is 21.2 Å². The largest absolute Gasteiger partial charge is 0.454 e. The van der Waals surface area contributed by atoms with Gasteiger partial charge >= 0.3 is 5.97 Å². The first-order valence-corrected chi connectivity index (χ1v) is 12.5. The van der Waals surface area contributed by atoms with E-state index >= 15 is 0 Å². The number of anilines is 1. The Labute approximate surface area is 215 Å². The molecule has 0 aromatic heterocycles. The van der Waals surface area contributed by atoms with Crippen LogP contribution >= 0.6 is 27.5 Å². The fraction of sp³-hybridized carbons (Fsp3) is 0.308. The molecule has 2 aliphatic carbocycles. The fourth-order valence-electron chi connectivity index (χ4n) is 5.35. The molecule has 0 radical (unpaired) electrons. The number of imide groups is 1. The van der Waals surface area contributed by atoms with Gasteiger partial charge in [-0.25, -0.2) is 4.79 Å². The summed E-state index contributed by atoms with van der Waals surface area (Å²) in [5, 5.41) is 3.04. The Balaban J connectivity index is 1.31. The van der Waals surface area contributed by atoms with E-state index < -0.39 is 36.4 Å². The van der Waals surface area contributed by atoms with E-state index in [-0.39, 0.29) is 30.1 Å². The van der Waals surface area contributed by atoms with Crippen molar-refractivity contribution >= 4 is 56.9 Å². The molecule has 1 aliphatic heterocycles. The Morgan fingerprint density at radius 1 is 1.06 bits per heavy atom. The quantitative estimate of drug-likeness (QED) is 0.316. The number of ether oxygens (including phenoxy) is 1. The molecular weight excluding hydrogens is 536 g/mol. The average Bonchev–Trinajstić information content (AvgIpc) is 3.53. The van der Waals surface area contributed by atoms with Crippen molar-refractivity contribution in [1.29, 1.82) is 0 Å². The molecule has 0 spiro atoms. The van der Waals surface area contributed by atoms with Gasteiger partial charge in [-0.05, 0) is 57.9 Å². The Morgan fingerprint density at radius 3 is 2.34 bits per heavy atom. The second-order valence-corrected chi connectivity index (χ2v) is 10.3. The SMILES string of the molecule is O=C(COC(=O)[C@H](Cc1ccccc1)N1C(=O)[C@H]2[C@H](C1=O)[C@H]1C=C[C@H]2C1)Nc1ccc(Br)c(Cl)c1. The number of hydrogen-bond acceptors (Lipinski definition) is 5. The van der Waals surface area contributed by atoms with Gasteiger partial charge in [-0.1, -0.05) is 54.1 Å². The smallest absolute Gasteiger partial charge is 0.330 e. The van der Waals surface area contributed by atoms with Crippen molar-refractivity contribution in [3.05, 3.63) is 75.7 Å². The first kappa shape index (κ1) is 23.8. The number of carbonyl (C=O) groups is 4. The highest BCUT2D eigenvalue weighted by Crippen LogP contribution is 2.53. The maximum absolute atomic E-state index is 13.3. The maximum atomic E-state index is 13.3. The number of hydrogen-bond donors (Lipinski definition) is 1. The van der Waals surface area contributed by atoms with E-state index in [0.29, 0.717) is 15.2 Å². The number of benzene rings is 2. The van der Waals surface area contributed by atoms with Crippen LogP contribution in [0.4, 0.5) is 5.69 Å². The predicted molar refractivity (Wildman–Crippen MR) is 132 cm³/mol. The first-order chi connectivity index (χ1) is 16.8. The molecule has 1 saturated heterocycles. The molecule has 35 heavy (non-hydrogen) atoms. The minimum atomic E-state index is -1.14. The molecular formula is C26H22BrClN2O5. The highest BCUT2D eigenvalue weighted by atomic mass is 79.9. The fourth-order valence-corrected chi connectivity index (χ4v) is 5.78. The van der Waals surface area contributed by atoms with Crippen molar-refractivity contribution < 1.29 is 23.9 Å². The Bertz CT molecular complexity index is 1200. The molecule has 2 bridgehead atoms. The summed E-state index contributed by atoms with van der Waals surface area (Å²) >= 11 is 9.33. The van der Waals surface area contributed by atoms with Gasteiger partial charge in [0.15, 0.2) is 6.61 Å². The topological polar surface area (TPSA) is 92.8 Å². The molecule has 1 N–H and O–H groups in total. The summed E-state index contributed by atoms with van der Waals surface area (Å²) in [5.74, 6) is -2.80. The molecule has 1 heterocycles. The number of halogens is 2. The lowest BCUT2D eigenvalue weighted by Gasteiger charge is -2.26. The minimum absolute atomic E-state index is 0.0309. The van der Waals surface area contributed by atoms with Crippen LogP contribution in [0.2, 0.25) is 5.02 Å². The molecule has 180 valence electrons. The van der Waals surface area contributed by atoms with Crippen LogP contribution in [0.25, 0.3) is 0 Å². The monoisotopic (exact) mass is 556 g/mol. The van der Waals surface area contributed by atoms with E-state index in [1.54, 1.807) is 18.2 Å². The predicted octanol–water partition coefficient (Wildman–Crippen LogP) is 4.00. The molecule has 2 aromatic carbocycles. The van der Waals surface area contributed by atoms with Crippen LogP contribution in [0.3, 0.4) is 0 Å². The van der Waals surface area contributed by atoms with E-state index in [1.165, 1.54) is 0 Å². The number of likely N-dealkylation sites (tertiary alicyclic amines) is 1. The van der Waals surface area contributed by atoms with Crippen LogP contribution in [-0.2, 0) is 30.3 Å². The summed E-state index contributed by atoms with van der Waals surface area (Å²) in [6, 6.07) is 12.9. The van der Waals surface area contributed by atoms with E-state index in [9.17, 15) is 19.2 Å². The van der Waals surface area contributed by atoms with Crippen molar-refractivity contribution in [3.8, 4) is 0 Å². The molecule has 1 saturated carbocycles. The molecule has 5 atom stereocenters. The number of nitrogens with zero attached hydrogens (tertiary/aromatic N) is 1. The van der Waals surface area contributed by atoms with Crippen LogP contribution in [0.1, 0.15) is 12.0 Å². The van der Waals surface area contributed by atoms with Crippen molar-refractivity contribution in [2.45, 2.75) is 18.9 Å². The molecule has 5 rings (SSSR count). The zero-order valence-electron chi connectivity index (χ0n) is 18.5. The van der Waals surface area contributed by atoms with Gasteiger partial charge < -0.3 is 10.1 Å². The highest BCUT2D eigenvalue weighted by Gasteiger charge is 2.61. The number of nitrogens with one attached hydrogen (secondary N) is 1. The van der Waals surface area contributed by atoms with Crippen molar-refractivity contribution in [2.75, 3.05) is 11.9 Å². The lowest BCUT2D eigenvalue weighted by atomic mass is 9.85. The lowest BCUT2D eigenvalue weighted by Crippen LogP contribution is -2.48. The van der Waals surface area contributed by atoms with Crippen LogP contribution in [0, 0.1) is 23.7 Å². The van der Waals surface area contributed by atoms with E-state index in [0.717, 1.165) is 16.9 Å². The molecule has 3 amide bonds. The van der Waals surface area contributed by atoms with Crippen LogP contribution in [0.15, 0.2) is 65.2 Å². The second-order valence-electron chi connectivity index (χ2n) is 9.04. The van der Waals surface area contributed by atoms with Gasteiger partial charge in [-0.15, -0.1) is 0 Å². The Morgan fingerprint density at radius 2 is 1.71 bits per heavy atom. The van der Waals surface area contributed by atoms with Gasteiger partial charge in [0.25, 0.3) is 5.91 Å². The number of fused-ring (bicyclic) bond motifs is 5. The Kier molecular flexibility index (Phi) is 6.51. The van der Waals surface area contributed by atoms with E-state index in [4.69, 9.17) is 16.3 Å². The van der Waals surface area contributed by atoms with Gasteiger partial charge in [0.2, 0.25) is 11.8 Å². The standard InChI is InChI=1S/C26H22BrClN2O5/c27-18-9-8-17(12-19(18)28)29-21(31)13-35-26(34)20(10-14-4-2-1-3-5-14)30-24(32)22-15-6-7-16(11-15)23(22)25(30)33/h1-9,12,15-16,20,22-23H,10-11,13H2,(H,29,31)/t15-,16-,20-,22+,23+/m0/s1. The number of amides is 3. The summed E-state index contributed by atoms with van der Waals surface area (Å²) in [6.45, 7) is -0.562. The zero-order valence-corrected chi connectivity index (χ0v) is 20.9. The number of allylic oxidation sites excluding steroid dienone is 2. The first-order valence-electron chi connectivity index (χ1n) is 11.3. The maximum Gasteiger partial charge on any atom is 0.330 e. The Hall–Kier alpha value is -2.97.